The van der Waals surface area contributed by atoms with Gasteiger partial charge in [0.25, 0.3) is 0 Å². The molecule has 0 amide bonds. The Hall–Kier alpha value is -0.860. The van der Waals surface area contributed by atoms with Crippen LogP contribution in [0.5, 0.6) is 0 Å². The average molecular weight is 302 g/mol. The molecule has 3 heteroatoms. The first-order valence-corrected chi connectivity index (χ1v) is 8.49. The number of allylic oxidation sites excluding steroid dienone is 2. The van der Waals surface area contributed by atoms with Gasteiger partial charge in [-0.3, -0.25) is 8.78 Å². The summed E-state index contributed by atoms with van der Waals surface area (Å²) in [5.74, 6) is 0. The number of hydrogen-bond donors (Lipinski definition) is 0. The van der Waals surface area contributed by atoms with Crippen LogP contribution in [0.15, 0.2) is 24.7 Å². The minimum absolute atomic E-state index is 0.183. The molecule has 0 aliphatic heterocycles. The summed E-state index contributed by atoms with van der Waals surface area (Å²) in [6.07, 6.45) is 19.9. The number of alkyl halides is 2. The molecule has 124 valence electrons. The van der Waals surface area contributed by atoms with Crippen molar-refractivity contribution >= 4 is 0 Å². The van der Waals surface area contributed by atoms with Crippen LogP contribution >= 0.6 is 0 Å². The van der Waals surface area contributed by atoms with Crippen molar-refractivity contribution in [3.05, 3.63) is 24.7 Å². The Bertz CT molecular complexity index is 215. The monoisotopic (exact) mass is 302 g/mol. The zero-order valence-corrected chi connectivity index (χ0v) is 13.4. The van der Waals surface area contributed by atoms with Gasteiger partial charge in [0.2, 0.25) is 0 Å². The molecule has 0 heterocycles. The Kier molecular flexibility index (Phi) is 18.4. The molecule has 0 aromatic heterocycles. The number of rotatable bonds is 16. The van der Waals surface area contributed by atoms with Gasteiger partial charge < -0.3 is 4.74 Å². The quantitative estimate of drug-likeness (QED) is 0.229. The first kappa shape index (κ1) is 20.1. The molecule has 0 atom stereocenters. The molecule has 1 nitrogen and oxygen atoms in total. The number of unbranched alkanes of at least 4 members (excludes halogenated alkanes) is 10. The second-order valence-corrected chi connectivity index (χ2v) is 5.37. The third-order valence-corrected chi connectivity index (χ3v) is 3.36. The maximum Gasteiger partial charge on any atom is 0.0894 e. The molecule has 0 aliphatic carbocycles. The highest BCUT2D eigenvalue weighted by molar-refractivity contribution is 4.79. The van der Waals surface area contributed by atoms with E-state index in [0.717, 1.165) is 51.4 Å². The van der Waals surface area contributed by atoms with Crippen LogP contribution in [0.3, 0.4) is 0 Å². The van der Waals surface area contributed by atoms with Crippen molar-refractivity contribution in [2.24, 2.45) is 0 Å². The van der Waals surface area contributed by atoms with Crippen LogP contribution in [0.25, 0.3) is 0 Å². The van der Waals surface area contributed by atoms with Crippen LogP contribution in [-0.2, 0) is 4.74 Å². The van der Waals surface area contributed by atoms with Gasteiger partial charge in [-0.2, -0.15) is 0 Å². The second-order valence-electron chi connectivity index (χ2n) is 5.37. The molecule has 0 fully saturated rings. The summed E-state index contributed by atoms with van der Waals surface area (Å²) < 4.78 is 28.9. The molecule has 0 aromatic rings. The molecule has 21 heavy (non-hydrogen) atoms. The predicted octanol–water partition coefficient (Wildman–Crippen LogP) is 6.65. The molecule has 0 saturated carbocycles. The smallest absolute Gasteiger partial charge is 0.0894 e. The van der Waals surface area contributed by atoms with Gasteiger partial charge in [0, 0.05) is 0 Å². The molecule has 0 rings (SSSR count). The maximum atomic E-state index is 11.8. The first-order chi connectivity index (χ1) is 10.4. The van der Waals surface area contributed by atoms with Crippen molar-refractivity contribution < 1.29 is 13.5 Å². The highest BCUT2D eigenvalue weighted by Crippen LogP contribution is 2.07. The zero-order valence-electron chi connectivity index (χ0n) is 13.4. The van der Waals surface area contributed by atoms with E-state index in [0.29, 0.717) is 12.8 Å². The van der Waals surface area contributed by atoms with Gasteiger partial charge in [-0.25, -0.2) is 0 Å². The predicted molar refractivity (Wildman–Crippen MR) is 86.7 cm³/mol. The van der Waals surface area contributed by atoms with Crippen molar-refractivity contribution in [3.8, 4) is 0 Å². The lowest BCUT2D eigenvalue weighted by Gasteiger charge is -1.97. The van der Waals surface area contributed by atoms with Gasteiger partial charge in [-0.05, 0) is 50.7 Å². The van der Waals surface area contributed by atoms with Gasteiger partial charge in [0.05, 0.1) is 25.9 Å². The molecular weight excluding hydrogens is 270 g/mol. The molecule has 0 aliphatic rings. The van der Waals surface area contributed by atoms with E-state index in [1.165, 1.54) is 12.8 Å². The second kappa shape index (κ2) is 19.1. The lowest BCUT2D eigenvalue weighted by Crippen LogP contribution is -1.80. The molecule has 0 spiro atoms. The summed E-state index contributed by atoms with van der Waals surface area (Å²) in [7, 11) is 0. The van der Waals surface area contributed by atoms with E-state index < -0.39 is 0 Å². The topological polar surface area (TPSA) is 9.23 Å². The Morgan fingerprint density at radius 2 is 0.905 bits per heavy atom. The van der Waals surface area contributed by atoms with Crippen LogP contribution in [0.2, 0.25) is 0 Å². The molecule has 0 radical (unpaired) electrons. The SMILES string of the molecule is FCCCCCCCC=COC=CCCCCCCCF. The van der Waals surface area contributed by atoms with E-state index in [1.54, 1.807) is 12.5 Å². The Labute approximate surface area is 129 Å². The largest absolute Gasteiger partial charge is 0.473 e. The molecule has 0 aromatic carbocycles. The Morgan fingerprint density at radius 1 is 0.524 bits per heavy atom. The van der Waals surface area contributed by atoms with Crippen LogP contribution in [0.1, 0.15) is 77.0 Å². The van der Waals surface area contributed by atoms with E-state index >= 15 is 0 Å². The Balaban J connectivity index is 3.14. The Morgan fingerprint density at radius 3 is 1.33 bits per heavy atom. The molecule has 0 saturated heterocycles. The molecule has 0 unspecified atom stereocenters. The zero-order chi connectivity index (χ0) is 15.4. The van der Waals surface area contributed by atoms with Gasteiger partial charge >= 0.3 is 0 Å². The summed E-state index contributed by atoms with van der Waals surface area (Å²) >= 11 is 0. The van der Waals surface area contributed by atoms with E-state index in [4.69, 9.17) is 4.74 Å². The van der Waals surface area contributed by atoms with Crippen molar-refractivity contribution in [2.75, 3.05) is 13.3 Å². The molecule has 0 N–H and O–H groups in total. The average Bonchev–Trinajstić information content (AvgIpc) is 2.50. The lowest BCUT2D eigenvalue weighted by molar-refractivity contribution is 0.397. The van der Waals surface area contributed by atoms with Gasteiger partial charge in [-0.1, -0.05) is 38.5 Å². The van der Waals surface area contributed by atoms with Gasteiger partial charge in [0.1, 0.15) is 0 Å². The van der Waals surface area contributed by atoms with Gasteiger partial charge in [-0.15, -0.1) is 0 Å². The van der Waals surface area contributed by atoms with Crippen LogP contribution in [0, 0.1) is 0 Å². The van der Waals surface area contributed by atoms with Crippen molar-refractivity contribution in [1.29, 1.82) is 0 Å². The fourth-order valence-electron chi connectivity index (χ4n) is 2.07. The van der Waals surface area contributed by atoms with Crippen LogP contribution < -0.4 is 0 Å². The first-order valence-electron chi connectivity index (χ1n) is 8.49. The minimum Gasteiger partial charge on any atom is -0.473 e. The molecular formula is C18H32F2O. The molecule has 0 bridgehead atoms. The third kappa shape index (κ3) is 19.1. The number of halogens is 2. The van der Waals surface area contributed by atoms with E-state index in [9.17, 15) is 8.78 Å². The summed E-state index contributed by atoms with van der Waals surface area (Å²) in [6.45, 7) is -0.366. The highest BCUT2D eigenvalue weighted by atomic mass is 19.1. The standard InChI is InChI=1S/C18H32F2O/c19-15-11-7-3-1-5-9-13-17-21-18-14-10-6-2-4-8-12-16-20/h13-14,17-18H,1-12,15-16H2. The van der Waals surface area contributed by atoms with Crippen molar-refractivity contribution in [2.45, 2.75) is 77.0 Å². The fourth-order valence-corrected chi connectivity index (χ4v) is 2.07. The van der Waals surface area contributed by atoms with Crippen LogP contribution in [-0.4, -0.2) is 13.3 Å². The lowest BCUT2D eigenvalue weighted by atomic mass is 10.1. The number of hydrogen-bond acceptors (Lipinski definition) is 1. The summed E-state index contributed by atoms with van der Waals surface area (Å²) in [6, 6.07) is 0. The van der Waals surface area contributed by atoms with E-state index in [1.807, 2.05) is 12.2 Å². The number of ether oxygens (including phenoxy) is 1. The van der Waals surface area contributed by atoms with Crippen molar-refractivity contribution in [1.82, 2.24) is 0 Å². The van der Waals surface area contributed by atoms with E-state index in [2.05, 4.69) is 0 Å². The maximum absolute atomic E-state index is 11.8. The minimum atomic E-state index is -0.183. The van der Waals surface area contributed by atoms with E-state index in [-0.39, 0.29) is 13.3 Å². The van der Waals surface area contributed by atoms with Crippen LogP contribution in [0.4, 0.5) is 8.78 Å². The fraction of sp³-hybridized carbons (Fsp3) is 0.778. The third-order valence-electron chi connectivity index (χ3n) is 3.36. The van der Waals surface area contributed by atoms with Crippen molar-refractivity contribution in [3.63, 3.8) is 0 Å². The summed E-state index contributed by atoms with van der Waals surface area (Å²) in [5.41, 5.74) is 0. The van der Waals surface area contributed by atoms with Gasteiger partial charge in [0.15, 0.2) is 0 Å². The summed E-state index contributed by atoms with van der Waals surface area (Å²) in [5, 5.41) is 0. The normalized spacial score (nSPS) is 11.7. The highest BCUT2D eigenvalue weighted by Gasteiger charge is 1.89. The summed E-state index contributed by atoms with van der Waals surface area (Å²) in [4.78, 5) is 0.